The zero-order chi connectivity index (χ0) is 26.4. The monoisotopic (exact) mass is 535 g/mol. The van der Waals surface area contributed by atoms with E-state index in [1.165, 1.54) is 31.4 Å². The first-order valence-corrected chi connectivity index (χ1v) is 13.1. The molecule has 1 aromatic heterocycles. The van der Waals surface area contributed by atoms with E-state index in [2.05, 4.69) is 4.98 Å². The molecule has 2 aromatic carbocycles. The van der Waals surface area contributed by atoms with Crippen LogP contribution in [0.2, 0.25) is 10.0 Å². The van der Waals surface area contributed by atoms with Gasteiger partial charge in [-0.25, -0.2) is 14.2 Å². The Kier molecular flexibility index (Phi) is 9.74. The van der Waals surface area contributed by atoms with E-state index in [9.17, 15) is 19.1 Å². The SMILES string of the molecule is CCC(CC)C(C(=O)O)n1c(-c2ccc(Cl)cc2)nc2cc(F)c(Cl)cc21.NC(=O)C1CCCCC1. The average molecular weight is 536 g/mol. The summed E-state index contributed by atoms with van der Waals surface area (Å²) >= 11 is 12.0. The largest absolute Gasteiger partial charge is 0.480 e. The molecule has 1 amide bonds. The van der Waals surface area contributed by atoms with Crippen LogP contribution in [-0.2, 0) is 9.59 Å². The quantitative estimate of drug-likeness (QED) is 0.332. The second kappa shape index (κ2) is 12.5. The maximum atomic E-state index is 14.0. The molecule has 1 aliphatic rings. The molecule has 0 aliphatic heterocycles. The van der Waals surface area contributed by atoms with Crippen molar-refractivity contribution in [2.75, 3.05) is 0 Å². The molecule has 194 valence electrons. The van der Waals surface area contributed by atoms with Gasteiger partial charge in [-0.2, -0.15) is 0 Å². The van der Waals surface area contributed by atoms with Crippen LogP contribution in [-0.4, -0.2) is 26.5 Å². The summed E-state index contributed by atoms with van der Waals surface area (Å²) in [4.78, 5) is 27.3. The first-order valence-electron chi connectivity index (χ1n) is 12.3. The molecule has 3 N–H and O–H groups in total. The lowest BCUT2D eigenvalue weighted by Crippen LogP contribution is -2.27. The fraction of sp³-hybridized carbons (Fsp3) is 0.444. The highest BCUT2D eigenvalue weighted by Crippen LogP contribution is 2.36. The highest BCUT2D eigenvalue weighted by atomic mass is 35.5. The summed E-state index contributed by atoms with van der Waals surface area (Å²) in [5.74, 6) is -1.13. The van der Waals surface area contributed by atoms with Crippen molar-refractivity contribution in [2.45, 2.75) is 64.8 Å². The second-order valence-corrected chi connectivity index (χ2v) is 10.0. The molecule has 0 radical (unpaired) electrons. The maximum Gasteiger partial charge on any atom is 0.327 e. The first kappa shape index (κ1) is 27.9. The fourth-order valence-corrected chi connectivity index (χ4v) is 5.10. The summed E-state index contributed by atoms with van der Waals surface area (Å²) in [7, 11) is 0. The third-order valence-electron chi connectivity index (χ3n) is 6.87. The smallest absolute Gasteiger partial charge is 0.327 e. The molecule has 6 nitrogen and oxygen atoms in total. The standard InChI is InChI=1S/C20H19Cl2FN2O2.C7H13NO/c1-3-11(4-2)18(20(26)27)25-17-9-14(22)15(23)10-16(17)24-19(25)12-5-7-13(21)8-6-12;8-7(9)6-4-2-1-3-5-6/h5-11,18H,3-4H2,1-2H3,(H,26,27);6H,1-5H2,(H2,8,9). The number of nitrogens with zero attached hydrogens (tertiary/aromatic N) is 2. The summed E-state index contributed by atoms with van der Waals surface area (Å²) in [6, 6.07) is 8.78. The number of carbonyl (C=O) groups excluding carboxylic acids is 1. The van der Waals surface area contributed by atoms with Crippen LogP contribution < -0.4 is 5.73 Å². The van der Waals surface area contributed by atoms with Crippen LogP contribution in [0, 0.1) is 17.7 Å². The summed E-state index contributed by atoms with van der Waals surface area (Å²) in [6.07, 6.45) is 7.07. The number of nitrogens with two attached hydrogens (primary N) is 1. The van der Waals surface area contributed by atoms with Crippen LogP contribution in [0.1, 0.15) is 64.8 Å². The zero-order valence-corrected chi connectivity index (χ0v) is 22.0. The normalized spacial score (nSPS) is 14.9. The Hall–Kier alpha value is -2.64. The highest BCUT2D eigenvalue weighted by molar-refractivity contribution is 6.31. The van der Waals surface area contributed by atoms with E-state index in [4.69, 9.17) is 28.9 Å². The lowest BCUT2D eigenvalue weighted by Gasteiger charge is -2.25. The molecular weight excluding hydrogens is 504 g/mol. The topological polar surface area (TPSA) is 98.2 Å². The molecule has 1 atom stereocenters. The van der Waals surface area contributed by atoms with Crippen LogP contribution in [0.5, 0.6) is 0 Å². The van der Waals surface area contributed by atoms with E-state index in [1.807, 2.05) is 13.8 Å². The number of rotatable bonds is 7. The molecule has 36 heavy (non-hydrogen) atoms. The van der Waals surface area contributed by atoms with E-state index < -0.39 is 17.8 Å². The van der Waals surface area contributed by atoms with Gasteiger partial charge in [0, 0.05) is 22.6 Å². The molecule has 0 spiro atoms. The van der Waals surface area contributed by atoms with Gasteiger partial charge >= 0.3 is 5.97 Å². The van der Waals surface area contributed by atoms with Crippen molar-refractivity contribution in [3.05, 3.63) is 52.3 Å². The first-order chi connectivity index (χ1) is 17.2. The van der Waals surface area contributed by atoms with Crippen LogP contribution in [0.15, 0.2) is 36.4 Å². The van der Waals surface area contributed by atoms with Gasteiger partial charge in [0.25, 0.3) is 0 Å². The predicted molar refractivity (Wildman–Crippen MR) is 142 cm³/mol. The van der Waals surface area contributed by atoms with E-state index in [0.717, 1.165) is 12.8 Å². The van der Waals surface area contributed by atoms with Crippen molar-refractivity contribution < 1.29 is 19.1 Å². The van der Waals surface area contributed by atoms with E-state index in [1.54, 1.807) is 28.8 Å². The molecule has 9 heteroatoms. The molecule has 1 unspecified atom stereocenters. The van der Waals surface area contributed by atoms with Crippen molar-refractivity contribution in [1.82, 2.24) is 9.55 Å². The van der Waals surface area contributed by atoms with Gasteiger partial charge in [-0.15, -0.1) is 0 Å². The molecule has 1 heterocycles. The van der Waals surface area contributed by atoms with E-state index in [-0.39, 0.29) is 22.8 Å². The van der Waals surface area contributed by atoms with Gasteiger partial charge in [0.05, 0.1) is 16.1 Å². The van der Waals surface area contributed by atoms with Crippen molar-refractivity contribution in [3.63, 3.8) is 0 Å². The average Bonchev–Trinajstić information content (AvgIpc) is 3.21. The number of carbonyl (C=O) groups is 2. The minimum atomic E-state index is -0.960. The Labute approximate surface area is 220 Å². The van der Waals surface area contributed by atoms with Crippen LogP contribution in [0.3, 0.4) is 0 Å². The third-order valence-corrected chi connectivity index (χ3v) is 7.41. The Bertz CT molecular complexity index is 1200. The molecule has 4 rings (SSSR count). The number of hydrogen-bond donors (Lipinski definition) is 2. The minimum absolute atomic E-state index is 0.0695. The third kappa shape index (κ3) is 6.37. The maximum absolute atomic E-state index is 14.0. The van der Waals surface area contributed by atoms with Crippen molar-refractivity contribution >= 4 is 46.1 Å². The van der Waals surface area contributed by atoms with Gasteiger partial charge in [0.15, 0.2) is 0 Å². The number of aromatic nitrogens is 2. The van der Waals surface area contributed by atoms with Gasteiger partial charge in [0.2, 0.25) is 5.91 Å². The lowest BCUT2D eigenvalue weighted by molar-refractivity contribution is -0.142. The molecule has 3 aromatic rings. The number of primary amides is 1. The highest BCUT2D eigenvalue weighted by Gasteiger charge is 2.32. The Morgan fingerprint density at radius 2 is 1.72 bits per heavy atom. The van der Waals surface area contributed by atoms with Crippen molar-refractivity contribution in [3.8, 4) is 11.4 Å². The van der Waals surface area contributed by atoms with Gasteiger partial charge in [-0.1, -0.05) is 69.2 Å². The van der Waals surface area contributed by atoms with E-state index >= 15 is 0 Å². The summed E-state index contributed by atoms with van der Waals surface area (Å²) in [5.41, 5.74) is 6.68. The zero-order valence-electron chi connectivity index (χ0n) is 20.5. The summed E-state index contributed by atoms with van der Waals surface area (Å²) in [5, 5.41) is 10.5. The van der Waals surface area contributed by atoms with Crippen molar-refractivity contribution in [2.24, 2.45) is 17.6 Å². The Morgan fingerprint density at radius 1 is 1.11 bits per heavy atom. The summed E-state index contributed by atoms with van der Waals surface area (Å²) in [6.45, 7) is 3.91. The number of halogens is 3. The number of carboxylic acid groups (broad SMARTS) is 1. The number of carboxylic acids is 1. The number of hydrogen-bond acceptors (Lipinski definition) is 3. The van der Waals surface area contributed by atoms with Crippen LogP contribution >= 0.6 is 23.2 Å². The number of aliphatic carboxylic acids is 1. The Morgan fingerprint density at radius 3 is 2.22 bits per heavy atom. The molecule has 1 aliphatic carbocycles. The molecule has 0 saturated heterocycles. The van der Waals surface area contributed by atoms with Gasteiger partial charge < -0.3 is 15.4 Å². The van der Waals surface area contributed by atoms with Crippen LogP contribution in [0.4, 0.5) is 4.39 Å². The second-order valence-electron chi connectivity index (χ2n) is 9.16. The summed E-state index contributed by atoms with van der Waals surface area (Å²) < 4.78 is 15.6. The number of amides is 1. The van der Waals surface area contributed by atoms with Gasteiger partial charge in [-0.05, 0) is 49.1 Å². The van der Waals surface area contributed by atoms with Crippen molar-refractivity contribution in [1.29, 1.82) is 0 Å². The Balaban J connectivity index is 0.000000338. The van der Waals surface area contributed by atoms with E-state index in [0.29, 0.717) is 40.3 Å². The predicted octanol–water partition coefficient (Wildman–Crippen LogP) is 7.26. The molecule has 0 bridgehead atoms. The molecule has 1 saturated carbocycles. The lowest BCUT2D eigenvalue weighted by atomic mass is 9.89. The van der Waals surface area contributed by atoms with Gasteiger partial charge in [0.1, 0.15) is 17.7 Å². The fourth-order valence-electron chi connectivity index (χ4n) is 4.82. The number of benzene rings is 2. The molecular formula is C27H32Cl2FN3O3. The van der Waals surface area contributed by atoms with Crippen LogP contribution in [0.25, 0.3) is 22.4 Å². The number of fused-ring (bicyclic) bond motifs is 1. The number of imidazole rings is 1. The molecule has 1 fully saturated rings. The minimum Gasteiger partial charge on any atom is -0.480 e. The van der Waals surface area contributed by atoms with Gasteiger partial charge in [-0.3, -0.25) is 4.79 Å².